The van der Waals surface area contributed by atoms with Crippen molar-refractivity contribution in [1.82, 2.24) is 0 Å². The number of hydrogen-bond donors (Lipinski definition) is 1. The summed E-state index contributed by atoms with van der Waals surface area (Å²) in [4.78, 5) is 11.8. The van der Waals surface area contributed by atoms with Crippen molar-refractivity contribution in [2.45, 2.75) is 59.5 Å². The first-order valence-electron chi connectivity index (χ1n) is 6.74. The van der Waals surface area contributed by atoms with E-state index in [1.165, 1.54) is 0 Å². The topological polar surface area (TPSA) is 46.5 Å². The normalized spacial score (nSPS) is 27.6. The van der Waals surface area contributed by atoms with Gasteiger partial charge < -0.3 is 9.84 Å². The van der Waals surface area contributed by atoms with Gasteiger partial charge in [0.05, 0.1) is 18.1 Å². The average Bonchev–Trinajstić information content (AvgIpc) is 2.29. The highest BCUT2D eigenvalue weighted by Gasteiger charge is 2.42. The summed E-state index contributed by atoms with van der Waals surface area (Å²) in [6.45, 7) is 7.99. The maximum absolute atomic E-state index is 11.8. The average molecular weight is 242 g/mol. The predicted molar refractivity (Wildman–Crippen MR) is 67.5 cm³/mol. The Morgan fingerprint density at radius 3 is 2.35 bits per heavy atom. The Bertz CT molecular complexity index is 252. The third kappa shape index (κ3) is 3.44. The molecule has 0 radical (unpaired) electrons. The predicted octanol–water partition coefficient (Wildman–Crippen LogP) is 2.76. The third-order valence-electron chi connectivity index (χ3n) is 4.05. The fourth-order valence-electron chi connectivity index (χ4n) is 2.63. The lowest BCUT2D eigenvalue weighted by Crippen LogP contribution is -2.44. The molecule has 1 aliphatic carbocycles. The van der Waals surface area contributed by atoms with Crippen molar-refractivity contribution in [3.8, 4) is 0 Å². The van der Waals surface area contributed by atoms with Crippen LogP contribution >= 0.6 is 0 Å². The Balaban J connectivity index is 2.61. The van der Waals surface area contributed by atoms with Crippen LogP contribution in [0.4, 0.5) is 0 Å². The molecule has 17 heavy (non-hydrogen) atoms. The van der Waals surface area contributed by atoms with Crippen molar-refractivity contribution in [2.24, 2.45) is 17.3 Å². The van der Waals surface area contributed by atoms with E-state index in [2.05, 4.69) is 6.92 Å². The van der Waals surface area contributed by atoms with Crippen molar-refractivity contribution < 1.29 is 14.6 Å². The van der Waals surface area contributed by atoms with Gasteiger partial charge >= 0.3 is 5.97 Å². The molecule has 1 rings (SSSR count). The number of carbonyl (C=O) groups is 1. The number of carbonyl (C=O) groups excluding carboxylic acids is 1. The van der Waals surface area contributed by atoms with Crippen LogP contribution in [0.2, 0.25) is 0 Å². The van der Waals surface area contributed by atoms with Crippen LogP contribution in [-0.4, -0.2) is 23.8 Å². The lowest BCUT2D eigenvalue weighted by Gasteiger charge is -2.37. The van der Waals surface area contributed by atoms with Gasteiger partial charge in [-0.2, -0.15) is 0 Å². The van der Waals surface area contributed by atoms with Gasteiger partial charge in [-0.3, -0.25) is 4.79 Å². The molecule has 100 valence electrons. The Kier molecular flexibility index (Phi) is 4.99. The van der Waals surface area contributed by atoms with E-state index >= 15 is 0 Å². The summed E-state index contributed by atoms with van der Waals surface area (Å²) in [5, 5.41) is 10.4. The standard InChI is InChI=1S/C14H26O3/c1-5-17-13(16)14(3,4)12(15)11-8-6-10(2)7-9-11/h10-12,15H,5-9H2,1-4H3. The largest absolute Gasteiger partial charge is 0.466 e. The Labute approximate surface area is 105 Å². The monoisotopic (exact) mass is 242 g/mol. The molecule has 0 bridgehead atoms. The molecule has 1 atom stereocenters. The second-order valence-electron chi connectivity index (χ2n) is 5.91. The molecule has 3 nitrogen and oxygen atoms in total. The number of esters is 1. The third-order valence-corrected chi connectivity index (χ3v) is 4.05. The van der Waals surface area contributed by atoms with Gasteiger partial charge in [-0.15, -0.1) is 0 Å². The van der Waals surface area contributed by atoms with E-state index in [1.54, 1.807) is 20.8 Å². The van der Waals surface area contributed by atoms with Crippen molar-refractivity contribution in [3.63, 3.8) is 0 Å². The van der Waals surface area contributed by atoms with Crippen molar-refractivity contribution in [2.75, 3.05) is 6.61 Å². The fraction of sp³-hybridized carbons (Fsp3) is 0.929. The molecule has 1 unspecified atom stereocenters. The minimum Gasteiger partial charge on any atom is -0.466 e. The van der Waals surface area contributed by atoms with Gasteiger partial charge in [0, 0.05) is 0 Å². The van der Waals surface area contributed by atoms with Gasteiger partial charge in [-0.1, -0.05) is 19.8 Å². The van der Waals surface area contributed by atoms with Crippen LogP contribution in [-0.2, 0) is 9.53 Å². The molecule has 0 amide bonds. The summed E-state index contributed by atoms with van der Waals surface area (Å²) in [7, 11) is 0. The van der Waals surface area contributed by atoms with Gasteiger partial charge in [0.1, 0.15) is 0 Å². The first kappa shape index (κ1) is 14.5. The smallest absolute Gasteiger partial charge is 0.314 e. The molecule has 3 heteroatoms. The van der Waals surface area contributed by atoms with Gasteiger partial charge in [-0.05, 0) is 45.4 Å². The molecule has 0 heterocycles. The minimum absolute atomic E-state index is 0.241. The second kappa shape index (κ2) is 5.85. The highest BCUT2D eigenvalue weighted by molar-refractivity contribution is 5.76. The molecule has 0 aliphatic heterocycles. The van der Waals surface area contributed by atoms with Crippen LogP contribution in [0.5, 0.6) is 0 Å². The zero-order valence-corrected chi connectivity index (χ0v) is 11.5. The molecule has 0 aromatic carbocycles. The molecular weight excluding hydrogens is 216 g/mol. The van der Waals surface area contributed by atoms with E-state index < -0.39 is 11.5 Å². The summed E-state index contributed by atoms with van der Waals surface area (Å²) in [6, 6.07) is 0. The van der Waals surface area contributed by atoms with Gasteiger partial charge in [0.15, 0.2) is 0 Å². The highest BCUT2D eigenvalue weighted by atomic mass is 16.5. The molecule has 0 spiro atoms. The van der Waals surface area contributed by atoms with E-state index in [1.807, 2.05) is 0 Å². The highest BCUT2D eigenvalue weighted by Crippen LogP contribution is 2.37. The summed E-state index contributed by atoms with van der Waals surface area (Å²) in [5.74, 6) is 0.709. The maximum Gasteiger partial charge on any atom is 0.314 e. The number of aliphatic hydroxyl groups is 1. The Morgan fingerprint density at radius 1 is 1.35 bits per heavy atom. The van der Waals surface area contributed by atoms with Crippen molar-refractivity contribution in [1.29, 1.82) is 0 Å². The van der Waals surface area contributed by atoms with Crippen LogP contribution in [0, 0.1) is 17.3 Å². The number of rotatable bonds is 4. The second-order valence-corrected chi connectivity index (χ2v) is 5.91. The Hall–Kier alpha value is -0.570. The first-order chi connectivity index (χ1) is 7.89. The van der Waals surface area contributed by atoms with E-state index in [4.69, 9.17) is 4.74 Å². The molecule has 1 saturated carbocycles. The van der Waals surface area contributed by atoms with E-state index in [0.29, 0.717) is 6.61 Å². The fourth-order valence-corrected chi connectivity index (χ4v) is 2.63. The molecule has 1 aliphatic rings. The van der Waals surface area contributed by atoms with Crippen LogP contribution in [0.15, 0.2) is 0 Å². The van der Waals surface area contributed by atoms with E-state index in [0.717, 1.165) is 31.6 Å². The van der Waals surface area contributed by atoms with Gasteiger partial charge in [0.25, 0.3) is 0 Å². The SMILES string of the molecule is CCOC(=O)C(C)(C)C(O)C1CCC(C)CC1. The van der Waals surface area contributed by atoms with E-state index in [-0.39, 0.29) is 11.9 Å². The molecule has 0 aromatic heterocycles. The van der Waals surface area contributed by atoms with Gasteiger partial charge in [-0.25, -0.2) is 0 Å². The van der Waals surface area contributed by atoms with E-state index in [9.17, 15) is 9.90 Å². The summed E-state index contributed by atoms with van der Waals surface area (Å²) < 4.78 is 5.04. The molecule has 0 aromatic rings. The van der Waals surface area contributed by atoms with Crippen LogP contribution in [0.3, 0.4) is 0 Å². The summed E-state index contributed by atoms with van der Waals surface area (Å²) in [6.07, 6.45) is 3.76. The number of hydrogen-bond acceptors (Lipinski definition) is 3. The van der Waals surface area contributed by atoms with Crippen LogP contribution < -0.4 is 0 Å². The first-order valence-corrected chi connectivity index (χ1v) is 6.74. The summed E-state index contributed by atoms with van der Waals surface area (Å²) >= 11 is 0. The summed E-state index contributed by atoms with van der Waals surface area (Å²) in [5.41, 5.74) is -0.790. The van der Waals surface area contributed by atoms with Gasteiger partial charge in [0.2, 0.25) is 0 Å². The number of ether oxygens (including phenoxy) is 1. The number of aliphatic hydroxyl groups excluding tert-OH is 1. The molecule has 1 fully saturated rings. The maximum atomic E-state index is 11.8. The van der Waals surface area contributed by atoms with Crippen molar-refractivity contribution in [3.05, 3.63) is 0 Å². The molecular formula is C14H26O3. The van der Waals surface area contributed by atoms with Crippen LogP contribution in [0.25, 0.3) is 0 Å². The van der Waals surface area contributed by atoms with Crippen molar-refractivity contribution >= 4 is 5.97 Å². The zero-order chi connectivity index (χ0) is 13.1. The Morgan fingerprint density at radius 2 is 1.88 bits per heavy atom. The lowest BCUT2D eigenvalue weighted by molar-refractivity contribution is -0.163. The zero-order valence-electron chi connectivity index (χ0n) is 11.5. The minimum atomic E-state index is -0.790. The molecule has 1 N–H and O–H groups in total. The molecule has 0 saturated heterocycles. The quantitative estimate of drug-likeness (QED) is 0.771. The van der Waals surface area contributed by atoms with Crippen LogP contribution in [0.1, 0.15) is 53.4 Å². The lowest BCUT2D eigenvalue weighted by atomic mass is 9.72.